The van der Waals surface area contributed by atoms with Crippen LogP contribution >= 0.6 is 12.6 Å². The highest BCUT2D eigenvalue weighted by molar-refractivity contribution is 7.80. The first-order chi connectivity index (χ1) is 16.8. The molecule has 0 aliphatic carbocycles. The lowest BCUT2D eigenvalue weighted by Crippen LogP contribution is -2.54. The Kier molecular flexibility index (Phi) is 8.86. The van der Waals surface area contributed by atoms with E-state index in [1.165, 1.54) is 12.5 Å². The smallest absolute Gasteiger partial charge is 0.326 e. The van der Waals surface area contributed by atoms with Crippen LogP contribution in [0.5, 0.6) is 0 Å². The third-order valence-corrected chi connectivity index (χ3v) is 5.69. The summed E-state index contributed by atoms with van der Waals surface area (Å²) in [7, 11) is 0. The van der Waals surface area contributed by atoms with Gasteiger partial charge >= 0.3 is 5.97 Å². The van der Waals surface area contributed by atoms with Crippen molar-refractivity contribution in [2.45, 2.75) is 31.0 Å². The Morgan fingerprint density at radius 2 is 1.83 bits per heavy atom. The van der Waals surface area contributed by atoms with Gasteiger partial charge in [-0.1, -0.05) is 18.2 Å². The molecule has 3 rings (SSSR count). The average molecular weight is 502 g/mol. The number of aromatic nitrogens is 3. The van der Waals surface area contributed by atoms with Gasteiger partial charge in [-0.3, -0.25) is 14.4 Å². The van der Waals surface area contributed by atoms with E-state index in [9.17, 15) is 24.3 Å². The number of H-pyrrole nitrogens is 2. The van der Waals surface area contributed by atoms with Gasteiger partial charge in [0.1, 0.15) is 12.1 Å². The molecule has 0 saturated carbocycles. The Morgan fingerprint density at radius 1 is 1.06 bits per heavy atom. The molecular formula is C22H27N7O5S. The number of hydrogen-bond acceptors (Lipinski definition) is 7. The Hall–Kier alpha value is -3.84. The second kappa shape index (κ2) is 12.0. The van der Waals surface area contributed by atoms with Crippen LogP contribution in [0, 0.1) is 0 Å². The standard InChI is InChI=1S/C22H27N7O5S/c23-15(10-35)20(31)29-17(5-12-7-25-16-4-2-1-3-14(12)16)21(32)26-9-19(30)28-18(22(33)34)6-13-8-24-11-27-13/h1-4,7-8,11,15,17-18,25,35H,5-6,9-10,23H2,(H,24,27)(H,26,32)(H,28,30)(H,29,31)(H,33,34). The van der Waals surface area contributed by atoms with Gasteiger partial charge in [0.2, 0.25) is 17.7 Å². The minimum absolute atomic E-state index is 0.00409. The maximum absolute atomic E-state index is 12.9. The lowest BCUT2D eigenvalue weighted by atomic mass is 10.0. The van der Waals surface area contributed by atoms with Crippen molar-refractivity contribution in [2.75, 3.05) is 12.3 Å². The van der Waals surface area contributed by atoms with Crippen LogP contribution in [0.4, 0.5) is 0 Å². The van der Waals surface area contributed by atoms with E-state index in [2.05, 4.69) is 43.5 Å². The van der Waals surface area contributed by atoms with Crippen LogP contribution in [-0.2, 0) is 32.0 Å². The summed E-state index contributed by atoms with van der Waals surface area (Å²) in [6, 6.07) is 4.34. The van der Waals surface area contributed by atoms with Crippen LogP contribution in [0.2, 0.25) is 0 Å². The van der Waals surface area contributed by atoms with E-state index in [0.29, 0.717) is 5.69 Å². The number of carboxylic acid groups (broad SMARTS) is 1. The summed E-state index contributed by atoms with van der Waals surface area (Å²) in [4.78, 5) is 58.8. The first-order valence-electron chi connectivity index (χ1n) is 10.8. The molecule has 2 aromatic heterocycles. The average Bonchev–Trinajstić information content (AvgIpc) is 3.51. The van der Waals surface area contributed by atoms with Gasteiger partial charge in [-0.15, -0.1) is 0 Å². The van der Waals surface area contributed by atoms with Gasteiger partial charge < -0.3 is 36.8 Å². The zero-order valence-electron chi connectivity index (χ0n) is 18.7. The first-order valence-corrected chi connectivity index (χ1v) is 11.4. The number of nitrogens with zero attached hydrogens (tertiary/aromatic N) is 1. The SMILES string of the molecule is NC(CS)C(=O)NC(Cc1c[nH]c2ccccc12)C(=O)NCC(=O)NC(Cc1cnc[nH]1)C(=O)O. The Balaban J connectivity index is 1.65. The molecule has 2 heterocycles. The number of nitrogens with one attached hydrogen (secondary N) is 5. The van der Waals surface area contributed by atoms with Gasteiger partial charge in [0.15, 0.2) is 0 Å². The van der Waals surface area contributed by atoms with Gasteiger partial charge in [0.05, 0.1) is 18.9 Å². The highest BCUT2D eigenvalue weighted by Crippen LogP contribution is 2.19. The predicted molar refractivity (Wildman–Crippen MR) is 131 cm³/mol. The second-order valence-corrected chi connectivity index (χ2v) is 8.24. The van der Waals surface area contributed by atoms with E-state index in [0.717, 1.165) is 16.5 Å². The molecule has 0 bridgehead atoms. The number of carboxylic acids is 1. The number of carbonyl (C=O) groups excluding carboxylic acids is 3. The third kappa shape index (κ3) is 7.07. The zero-order chi connectivity index (χ0) is 25.4. The van der Waals surface area contributed by atoms with E-state index in [1.54, 1.807) is 6.20 Å². The molecule has 35 heavy (non-hydrogen) atoms. The normalized spacial score (nSPS) is 13.5. The number of hydrogen-bond donors (Lipinski definition) is 8. The van der Waals surface area contributed by atoms with E-state index in [-0.39, 0.29) is 18.6 Å². The summed E-state index contributed by atoms with van der Waals surface area (Å²) >= 11 is 4.02. The molecular weight excluding hydrogens is 474 g/mol. The van der Waals surface area contributed by atoms with E-state index in [1.807, 2.05) is 24.3 Å². The first kappa shape index (κ1) is 25.8. The fourth-order valence-electron chi connectivity index (χ4n) is 3.44. The number of aromatic amines is 2. The van der Waals surface area contributed by atoms with Crippen molar-refractivity contribution in [3.8, 4) is 0 Å². The van der Waals surface area contributed by atoms with E-state index >= 15 is 0 Å². The van der Waals surface area contributed by atoms with Gasteiger partial charge in [-0.25, -0.2) is 9.78 Å². The van der Waals surface area contributed by atoms with Crippen LogP contribution in [0.25, 0.3) is 10.9 Å². The van der Waals surface area contributed by atoms with Crippen molar-refractivity contribution >= 4 is 47.2 Å². The van der Waals surface area contributed by atoms with Crippen LogP contribution in [0.15, 0.2) is 43.0 Å². The number of rotatable bonds is 12. The van der Waals surface area contributed by atoms with Gasteiger partial charge in [0, 0.05) is 47.6 Å². The number of carbonyl (C=O) groups is 4. The summed E-state index contributed by atoms with van der Waals surface area (Å²) in [5, 5.41) is 17.7. The highest BCUT2D eigenvalue weighted by Gasteiger charge is 2.26. The number of benzene rings is 1. The van der Waals surface area contributed by atoms with Gasteiger partial charge in [-0.2, -0.15) is 12.6 Å². The number of imidazole rings is 1. The Morgan fingerprint density at radius 3 is 2.51 bits per heavy atom. The van der Waals surface area contributed by atoms with Crippen molar-refractivity contribution in [3.63, 3.8) is 0 Å². The van der Waals surface area contributed by atoms with Crippen molar-refractivity contribution in [1.82, 2.24) is 30.9 Å². The minimum atomic E-state index is -1.23. The van der Waals surface area contributed by atoms with Crippen LogP contribution in [0.1, 0.15) is 11.3 Å². The fraction of sp³-hybridized carbons (Fsp3) is 0.318. The Bertz CT molecular complexity index is 1180. The number of para-hydroxylation sites is 1. The molecule has 8 N–H and O–H groups in total. The lowest BCUT2D eigenvalue weighted by molar-refractivity contribution is -0.141. The predicted octanol–water partition coefficient (Wildman–Crippen LogP) is -0.896. The summed E-state index contributed by atoms with van der Waals surface area (Å²) in [5.74, 6) is -3.03. The number of fused-ring (bicyclic) bond motifs is 1. The molecule has 0 radical (unpaired) electrons. The molecule has 0 saturated heterocycles. The van der Waals surface area contributed by atoms with Crippen LogP contribution < -0.4 is 21.7 Å². The molecule has 0 fully saturated rings. The largest absolute Gasteiger partial charge is 0.480 e. The van der Waals surface area contributed by atoms with Gasteiger partial charge in [0.25, 0.3) is 0 Å². The number of thiol groups is 1. The highest BCUT2D eigenvalue weighted by atomic mass is 32.1. The molecule has 3 aromatic rings. The maximum atomic E-state index is 12.9. The second-order valence-electron chi connectivity index (χ2n) is 7.87. The molecule has 13 heteroatoms. The zero-order valence-corrected chi connectivity index (χ0v) is 19.5. The summed E-state index contributed by atoms with van der Waals surface area (Å²) in [6.45, 7) is -0.482. The summed E-state index contributed by atoms with van der Waals surface area (Å²) in [5.41, 5.74) is 7.93. The lowest BCUT2D eigenvalue weighted by Gasteiger charge is -2.20. The minimum Gasteiger partial charge on any atom is -0.480 e. The molecule has 1 aromatic carbocycles. The molecule has 3 atom stereocenters. The number of amides is 3. The summed E-state index contributed by atoms with van der Waals surface area (Å²) < 4.78 is 0. The molecule has 3 amide bonds. The molecule has 3 unspecified atom stereocenters. The molecule has 0 spiro atoms. The monoisotopic (exact) mass is 501 g/mol. The van der Waals surface area contributed by atoms with Crippen molar-refractivity contribution in [2.24, 2.45) is 5.73 Å². The number of nitrogens with two attached hydrogens (primary N) is 1. The topological polar surface area (TPSA) is 195 Å². The third-order valence-electron chi connectivity index (χ3n) is 5.30. The number of aliphatic carboxylic acids is 1. The molecule has 12 nitrogen and oxygen atoms in total. The summed E-state index contributed by atoms with van der Waals surface area (Å²) in [6.07, 6.45) is 4.74. The van der Waals surface area contributed by atoms with Crippen molar-refractivity contribution < 1.29 is 24.3 Å². The van der Waals surface area contributed by atoms with Crippen molar-refractivity contribution in [3.05, 3.63) is 54.2 Å². The maximum Gasteiger partial charge on any atom is 0.326 e. The van der Waals surface area contributed by atoms with Crippen LogP contribution in [0.3, 0.4) is 0 Å². The van der Waals surface area contributed by atoms with E-state index < -0.39 is 48.4 Å². The van der Waals surface area contributed by atoms with Gasteiger partial charge in [-0.05, 0) is 11.6 Å². The van der Waals surface area contributed by atoms with Crippen molar-refractivity contribution in [1.29, 1.82) is 0 Å². The Labute approximate surface area is 205 Å². The fourth-order valence-corrected chi connectivity index (χ4v) is 3.61. The van der Waals surface area contributed by atoms with E-state index in [4.69, 9.17) is 5.73 Å². The molecule has 186 valence electrons. The van der Waals surface area contributed by atoms with Crippen LogP contribution in [-0.4, -0.2) is 74.2 Å². The molecule has 0 aliphatic rings. The quantitative estimate of drug-likeness (QED) is 0.147. The molecule has 0 aliphatic heterocycles.